The van der Waals surface area contributed by atoms with Crippen LogP contribution in [-0.4, -0.2) is 41.2 Å². The summed E-state index contributed by atoms with van der Waals surface area (Å²) in [5, 5.41) is 0. The summed E-state index contributed by atoms with van der Waals surface area (Å²) in [7, 11) is 6.93. The quantitative estimate of drug-likeness (QED) is 0.533. The van der Waals surface area contributed by atoms with Crippen LogP contribution in [0.2, 0.25) is 0 Å². The summed E-state index contributed by atoms with van der Waals surface area (Å²) in [6, 6.07) is 17.4. The molecule has 0 radical (unpaired) electrons. The van der Waals surface area contributed by atoms with E-state index in [9.17, 15) is 0 Å². The summed E-state index contributed by atoms with van der Waals surface area (Å²) in [4.78, 5) is 4.20. The summed E-state index contributed by atoms with van der Waals surface area (Å²) >= 11 is 0. The number of hydrogen-bond donors (Lipinski definition) is 0. The van der Waals surface area contributed by atoms with Gasteiger partial charge in [0, 0.05) is 49.5 Å². The molecule has 1 aliphatic heterocycles. The van der Waals surface area contributed by atoms with E-state index in [1.165, 1.54) is 54.0 Å². The molecule has 0 bridgehead atoms. The van der Waals surface area contributed by atoms with Crippen LogP contribution in [0.4, 0.5) is 0 Å². The third-order valence-electron chi connectivity index (χ3n) is 5.89. The number of nitrogens with zero attached hydrogens (tertiary/aromatic N) is 3. The van der Waals surface area contributed by atoms with Crippen LogP contribution in [0, 0.1) is 0 Å². The highest BCUT2D eigenvalue weighted by Crippen LogP contribution is 2.39. The van der Waals surface area contributed by atoms with E-state index in [-0.39, 0.29) is 0 Å². The van der Waals surface area contributed by atoms with Gasteiger partial charge in [0.05, 0.1) is 32.9 Å². The SMILES string of the molecule is CC.Cn1c(C2CC[N+](C)(C)CC2)cc(-c2ccncc2)c1-c1ccccc1. The van der Waals surface area contributed by atoms with Crippen LogP contribution in [-0.2, 0) is 7.05 Å². The number of rotatable bonds is 3. The van der Waals surface area contributed by atoms with Crippen molar-refractivity contribution in [2.45, 2.75) is 32.6 Å². The molecule has 3 heterocycles. The van der Waals surface area contributed by atoms with Crippen molar-refractivity contribution >= 4 is 0 Å². The van der Waals surface area contributed by atoms with Crippen LogP contribution < -0.4 is 0 Å². The van der Waals surface area contributed by atoms with Gasteiger partial charge in [-0.25, -0.2) is 0 Å². The maximum atomic E-state index is 4.20. The first kappa shape index (κ1) is 20.3. The van der Waals surface area contributed by atoms with E-state index in [1.54, 1.807) is 0 Å². The number of benzene rings is 1. The van der Waals surface area contributed by atoms with Crippen LogP contribution in [0.1, 0.15) is 38.3 Å². The van der Waals surface area contributed by atoms with E-state index >= 15 is 0 Å². The molecule has 0 N–H and O–H groups in total. The third kappa shape index (κ3) is 4.20. The Kier molecular flexibility index (Phi) is 6.35. The monoisotopic (exact) mass is 376 g/mol. The van der Waals surface area contributed by atoms with Gasteiger partial charge < -0.3 is 9.05 Å². The van der Waals surface area contributed by atoms with Crippen molar-refractivity contribution in [2.24, 2.45) is 7.05 Å². The maximum absolute atomic E-state index is 4.20. The molecule has 0 unspecified atom stereocenters. The summed E-state index contributed by atoms with van der Waals surface area (Å²) in [5.74, 6) is 0.643. The predicted octanol–water partition coefficient (Wildman–Crippen LogP) is 5.73. The van der Waals surface area contributed by atoms with E-state index in [0.29, 0.717) is 5.92 Å². The second kappa shape index (κ2) is 8.74. The fraction of sp³-hybridized carbons (Fsp3) is 0.400. The maximum Gasteiger partial charge on any atom is 0.0789 e. The Balaban J connectivity index is 0.00000109. The van der Waals surface area contributed by atoms with Crippen molar-refractivity contribution in [3.8, 4) is 22.4 Å². The van der Waals surface area contributed by atoms with E-state index < -0.39 is 0 Å². The Morgan fingerprint density at radius 2 is 1.50 bits per heavy atom. The third-order valence-corrected chi connectivity index (χ3v) is 5.89. The average molecular weight is 377 g/mol. The summed E-state index contributed by atoms with van der Waals surface area (Å²) in [6.45, 7) is 6.50. The van der Waals surface area contributed by atoms with E-state index in [1.807, 2.05) is 26.2 Å². The molecular formula is C25H34N3+. The molecule has 3 nitrogen and oxygen atoms in total. The van der Waals surface area contributed by atoms with Crippen LogP contribution in [0.25, 0.3) is 22.4 Å². The molecule has 1 fully saturated rings. The minimum absolute atomic E-state index is 0.643. The normalized spacial score (nSPS) is 16.3. The molecule has 148 valence electrons. The van der Waals surface area contributed by atoms with Gasteiger partial charge in [-0.15, -0.1) is 0 Å². The number of quaternary nitrogens is 1. The first-order chi connectivity index (χ1) is 13.6. The second-order valence-electron chi connectivity index (χ2n) is 8.15. The molecule has 0 saturated carbocycles. The first-order valence-corrected chi connectivity index (χ1v) is 10.5. The van der Waals surface area contributed by atoms with Gasteiger partial charge in [-0.3, -0.25) is 4.98 Å². The van der Waals surface area contributed by atoms with Gasteiger partial charge in [-0.2, -0.15) is 0 Å². The van der Waals surface area contributed by atoms with Gasteiger partial charge in [-0.1, -0.05) is 44.2 Å². The Morgan fingerprint density at radius 1 is 0.893 bits per heavy atom. The van der Waals surface area contributed by atoms with Gasteiger partial charge in [0.2, 0.25) is 0 Å². The summed E-state index contributed by atoms with van der Waals surface area (Å²) in [5.41, 5.74) is 6.62. The lowest BCUT2D eigenvalue weighted by atomic mass is 9.92. The van der Waals surface area contributed by atoms with Gasteiger partial charge in [0.15, 0.2) is 0 Å². The zero-order valence-corrected chi connectivity index (χ0v) is 18.0. The van der Waals surface area contributed by atoms with Gasteiger partial charge in [0.25, 0.3) is 0 Å². The zero-order chi connectivity index (χ0) is 20.1. The summed E-state index contributed by atoms with van der Waals surface area (Å²) < 4.78 is 3.57. The number of piperidine rings is 1. The van der Waals surface area contributed by atoms with E-state index in [0.717, 1.165) is 4.48 Å². The molecule has 3 heteroatoms. The molecule has 0 spiro atoms. The van der Waals surface area contributed by atoms with Crippen molar-refractivity contribution in [3.63, 3.8) is 0 Å². The molecule has 0 amide bonds. The Hall–Kier alpha value is -2.39. The largest absolute Gasteiger partial charge is 0.347 e. The van der Waals surface area contributed by atoms with Crippen molar-refractivity contribution in [2.75, 3.05) is 27.2 Å². The van der Waals surface area contributed by atoms with E-state index in [4.69, 9.17) is 0 Å². The van der Waals surface area contributed by atoms with Crippen LogP contribution >= 0.6 is 0 Å². The minimum atomic E-state index is 0.643. The Morgan fingerprint density at radius 3 is 2.11 bits per heavy atom. The van der Waals surface area contributed by atoms with Gasteiger partial charge >= 0.3 is 0 Å². The molecule has 2 aromatic heterocycles. The Bertz CT molecular complexity index is 869. The van der Waals surface area contributed by atoms with Crippen LogP contribution in [0.15, 0.2) is 60.9 Å². The fourth-order valence-electron chi connectivity index (χ4n) is 4.27. The second-order valence-corrected chi connectivity index (χ2v) is 8.15. The van der Waals surface area contributed by atoms with Crippen molar-refractivity contribution in [1.29, 1.82) is 0 Å². The summed E-state index contributed by atoms with van der Waals surface area (Å²) in [6.07, 6.45) is 6.29. The molecular weight excluding hydrogens is 342 g/mol. The highest BCUT2D eigenvalue weighted by atomic mass is 15.3. The molecule has 28 heavy (non-hydrogen) atoms. The average Bonchev–Trinajstić information content (AvgIpc) is 3.08. The molecule has 0 aliphatic carbocycles. The molecule has 3 aromatic rings. The zero-order valence-electron chi connectivity index (χ0n) is 18.0. The predicted molar refractivity (Wildman–Crippen MR) is 119 cm³/mol. The van der Waals surface area contributed by atoms with E-state index in [2.05, 4.69) is 79.2 Å². The van der Waals surface area contributed by atoms with Crippen LogP contribution in [0.3, 0.4) is 0 Å². The topological polar surface area (TPSA) is 17.8 Å². The number of pyridine rings is 1. The number of hydrogen-bond acceptors (Lipinski definition) is 1. The van der Waals surface area contributed by atoms with Gasteiger partial charge in [-0.05, 0) is 29.3 Å². The number of aromatic nitrogens is 2. The molecule has 0 atom stereocenters. The molecule has 1 aromatic carbocycles. The smallest absolute Gasteiger partial charge is 0.0789 e. The van der Waals surface area contributed by atoms with Crippen molar-refractivity contribution in [1.82, 2.24) is 9.55 Å². The Labute approximate surface area is 170 Å². The number of likely N-dealkylation sites (tertiary alicyclic amines) is 1. The molecule has 1 aliphatic rings. The lowest BCUT2D eigenvalue weighted by Gasteiger charge is -2.37. The lowest BCUT2D eigenvalue weighted by molar-refractivity contribution is -0.895. The van der Waals surface area contributed by atoms with Crippen molar-refractivity contribution < 1.29 is 4.48 Å². The van der Waals surface area contributed by atoms with Gasteiger partial charge in [0.1, 0.15) is 0 Å². The minimum Gasteiger partial charge on any atom is -0.347 e. The molecule has 1 saturated heterocycles. The van der Waals surface area contributed by atoms with Crippen molar-refractivity contribution in [3.05, 3.63) is 66.6 Å². The molecule has 4 rings (SSSR count). The standard InChI is InChI=1S/C23H28N3.C2H6/c1-25-22(19-11-15-26(2,3)16-12-19)17-21(18-9-13-24-14-10-18)23(25)20-7-5-4-6-8-20;1-2/h4-10,13-14,17,19H,11-12,15-16H2,1-3H3;1-2H3/q+1;. The lowest BCUT2D eigenvalue weighted by Crippen LogP contribution is -2.45. The highest BCUT2D eigenvalue weighted by Gasteiger charge is 2.30. The first-order valence-electron chi connectivity index (χ1n) is 10.5. The highest BCUT2D eigenvalue weighted by molar-refractivity contribution is 5.82. The van der Waals surface area contributed by atoms with Crippen LogP contribution in [0.5, 0.6) is 0 Å². The fourth-order valence-corrected chi connectivity index (χ4v) is 4.27.